The molecule has 2 aromatic heterocycles. The van der Waals surface area contributed by atoms with Gasteiger partial charge in [-0.15, -0.1) is 0 Å². The summed E-state index contributed by atoms with van der Waals surface area (Å²) < 4.78 is 8.21. The summed E-state index contributed by atoms with van der Waals surface area (Å²) in [7, 11) is 0. The Morgan fingerprint density at radius 3 is 2.76 bits per heavy atom. The van der Waals surface area contributed by atoms with Crippen LogP contribution in [0.1, 0.15) is 50.3 Å². The zero-order chi connectivity index (χ0) is 19.6. The van der Waals surface area contributed by atoms with E-state index in [0.717, 1.165) is 34.9 Å². The lowest BCUT2D eigenvalue weighted by Crippen LogP contribution is -2.33. The van der Waals surface area contributed by atoms with Gasteiger partial charge in [-0.25, -0.2) is 9.97 Å². The number of nitrogen functional groups attached to an aromatic ring is 1. The summed E-state index contributed by atoms with van der Waals surface area (Å²) in [6.07, 6.45) is 11.4. The minimum Gasteiger partial charge on any atom is -0.492 e. The van der Waals surface area contributed by atoms with E-state index in [2.05, 4.69) is 26.4 Å². The highest BCUT2D eigenvalue weighted by molar-refractivity contribution is 5.85. The highest BCUT2D eigenvalue weighted by Crippen LogP contribution is 2.39. The molecule has 3 aromatic rings. The van der Waals surface area contributed by atoms with Gasteiger partial charge in [-0.1, -0.05) is 25.0 Å². The first-order valence-electron chi connectivity index (χ1n) is 10.9. The molecule has 2 aliphatic rings. The Balaban J connectivity index is 1.39. The fourth-order valence-electron chi connectivity index (χ4n) is 4.45. The number of likely N-dealkylation sites (tertiary alicyclic amines) is 1. The Labute approximate surface area is 171 Å². The number of hydrogen-bond donors (Lipinski definition) is 1. The maximum atomic E-state index is 6.26. The average Bonchev–Trinajstić information content (AvgIpc) is 3.08. The normalized spacial score (nSPS) is 18.1. The highest BCUT2D eigenvalue weighted by atomic mass is 16.5. The van der Waals surface area contributed by atoms with E-state index in [1.165, 1.54) is 51.6 Å². The van der Waals surface area contributed by atoms with E-state index in [9.17, 15) is 0 Å². The van der Waals surface area contributed by atoms with Crippen LogP contribution in [0.25, 0.3) is 16.8 Å². The van der Waals surface area contributed by atoms with Crippen molar-refractivity contribution < 1.29 is 4.74 Å². The maximum absolute atomic E-state index is 6.26. The Kier molecular flexibility index (Phi) is 5.10. The van der Waals surface area contributed by atoms with Crippen LogP contribution in [0.4, 0.5) is 5.82 Å². The number of fused-ring (bicyclic) bond motifs is 1. The molecular formula is C23H29N5O. The van der Waals surface area contributed by atoms with Gasteiger partial charge in [0.15, 0.2) is 0 Å². The Morgan fingerprint density at radius 2 is 1.97 bits per heavy atom. The molecule has 0 bridgehead atoms. The minimum atomic E-state index is 0.516. The second-order valence-corrected chi connectivity index (χ2v) is 8.26. The molecule has 0 radical (unpaired) electrons. The Bertz CT molecular complexity index is 988. The van der Waals surface area contributed by atoms with Crippen LogP contribution >= 0.6 is 0 Å². The van der Waals surface area contributed by atoms with E-state index in [4.69, 9.17) is 15.5 Å². The zero-order valence-electron chi connectivity index (χ0n) is 16.9. The third-order valence-electron chi connectivity index (χ3n) is 6.31. The molecule has 2 N–H and O–H groups in total. The predicted molar refractivity (Wildman–Crippen MR) is 115 cm³/mol. The lowest BCUT2D eigenvalue weighted by Gasteiger charge is -2.26. The Morgan fingerprint density at radius 1 is 1.10 bits per heavy atom. The molecule has 0 spiro atoms. The number of nitrogens with two attached hydrogens (primary N) is 1. The lowest BCUT2D eigenvalue weighted by atomic mass is 9.85. The standard InChI is InChI=1S/C23H29N5O/c24-22-21-20(26-23(17-6-4-7-17)28(21)13-10-25-22)18-8-5-9-19(16-18)29-15-14-27-11-2-1-3-12-27/h5,8-10,13,16-17H,1-4,6-7,11-12,14-15H2,(H2,24,25). The van der Waals surface area contributed by atoms with Gasteiger partial charge < -0.3 is 10.5 Å². The summed E-state index contributed by atoms with van der Waals surface area (Å²) in [5.74, 6) is 3.03. The van der Waals surface area contributed by atoms with Gasteiger partial charge in [0, 0.05) is 30.4 Å². The summed E-state index contributed by atoms with van der Waals surface area (Å²) in [5, 5.41) is 0. The van der Waals surface area contributed by atoms with Crippen molar-refractivity contribution in [2.24, 2.45) is 0 Å². The molecule has 152 valence electrons. The molecule has 1 aliphatic heterocycles. The van der Waals surface area contributed by atoms with Crippen LogP contribution in [0.2, 0.25) is 0 Å². The molecule has 1 aromatic carbocycles. The monoisotopic (exact) mass is 391 g/mol. The molecule has 1 saturated carbocycles. The molecular weight excluding hydrogens is 362 g/mol. The molecule has 0 unspecified atom stereocenters. The van der Waals surface area contributed by atoms with Gasteiger partial charge in [-0.3, -0.25) is 9.30 Å². The fraction of sp³-hybridized carbons (Fsp3) is 0.478. The van der Waals surface area contributed by atoms with Crippen LogP contribution in [-0.2, 0) is 0 Å². The van der Waals surface area contributed by atoms with Gasteiger partial charge in [0.1, 0.15) is 35.2 Å². The summed E-state index contributed by atoms with van der Waals surface area (Å²) >= 11 is 0. The van der Waals surface area contributed by atoms with Crippen molar-refractivity contribution in [2.75, 3.05) is 32.0 Å². The maximum Gasteiger partial charge on any atom is 0.150 e. The summed E-state index contributed by atoms with van der Waals surface area (Å²) in [6.45, 7) is 4.09. The number of piperidine rings is 1. The number of ether oxygens (including phenoxy) is 1. The molecule has 0 atom stereocenters. The fourth-order valence-corrected chi connectivity index (χ4v) is 4.45. The van der Waals surface area contributed by atoms with E-state index in [-0.39, 0.29) is 0 Å². The SMILES string of the molecule is Nc1nccn2c(C3CCC3)nc(-c3cccc(OCCN4CCCCC4)c3)c12. The van der Waals surface area contributed by atoms with Crippen molar-refractivity contribution in [1.29, 1.82) is 0 Å². The topological polar surface area (TPSA) is 68.7 Å². The first kappa shape index (κ1) is 18.4. The number of hydrogen-bond acceptors (Lipinski definition) is 5. The van der Waals surface area contributed by atoms with Gasteiger partial charge in [-0.05, 0) is 50.9 Å². The minimum absolute atomic E-state index is 0.516. The number of benzene rings is 1. The van der Waals surface area contributed by atoms with Crippen molar-refractivity contribution in [2.45, 2.75) is 44.4 Å². The largest absolute Gasteiger partial charge is 0.492 e. The number of anilines is 1. The van der Waals surface area contributed by atoms with E-state index in [1.54, 1.807) is 6.20 Å². The van der Waals surface area contributed by atoms with E-state index in [0.29, 0.717) is 18.3 Å². The highest BCUT2D eigenvalue weighted by Gasteiger charge is 2.26. The molecule has 0 amide bonds. The molecule has 1 saturated heterocycles. The van der Waals surface area contributed by atoms with Crippen LogP contribution in [-0.4, -0.2) is 45.5 Å². The van der Waals surface area contributed by atoms with E-state index >= 15 is 0 Å². The molecule has 29 heavy (non-hydrogen) atoms. The van der Waals surface area contributed by atoms with Crippen molar-refractivity contribution in [3.8, 4) is 17.0 Å². The van der Waals surface area contributed by atoms with Crippen LogP contribution in [0.3, 0.4) is 0 Å². The number of nitrogens with zero attached hydrogens (tertiary/aromatic N) is 4. The number of rotatable bonds is 6. The summed E-state index contributed by atoms with van der Waals surface area (Å²) in [5.41, 5.74) is 9.09. The second kappa shape index (κ2) is 8.03. The van der Waals surface area contributed by atoms with E-state index < -0.39 is 0 Å². The summed E-state index contributed by atoms with van der Waals surface area (Å²) in [4.78, 5) is 11.8. The number of imidazole rings is 1. The Hall–Kier alpha value is -2.60. The van der Waals surface area contributed by atoms with Crippen LogP contribution in [0, 0.1) is 0 Å². The predicted octanol–water partition coefficient (Wildman–Crippen LogP) is 4.11. The van der Waals surface area contributed by atoms with Crippen LogP contribution in [0.5, 0.6) is 5.75 Å². The smallest absolute Gasteiger partial charge is 0.150 e. The molecule has 3 heterocycles. The lowest BCUT2D eigenvalue weighted by molar-refractivity contribution is 0.183. The van der Waals surface area contributed by atoms with Gasteiger partial charge in [-0.2, -0.15) is 0 Å². The van der Waals surface area contributed by atoms with Crippen molar-refractivity contribution in [3.63, 3.8) is 0 Å². The van der Waals surface area contributed by atoms with Gasteiger partial charge in [0.2, 0.25) is 0 Å². The van der Waals surface area contributed by atoms with Gasteiger partial charge in [0.25, 0.3) is 0 Å². The quantitative estimate of drug-likeness (QED) is 0.685. The van der Waals surface area contributed by atoms with Gasteiger partial charge >= 0.3 is 0 Å². The molecule has 2 fully saturated rings. The third-order valence-corrected chi connectivity index (χ3v) is 6.31. The average molecular weight is 392 g/mol. The number of aromatic nitrogens is 3. The summed E-state index contributed by atoms with van der Waals surface area (Å²) in [6, 6.07) is 8.21. The van der Waals surface area contributed by atoms with E-state index in [1.807, 2.05) is 18.3 Å². The van der Waals surface area contributed by atoms with Crippen molar-refractivity contribution in [3.05, 3.63) is 42.5 Å². The molecule has 5 rings (SSSR count). The molecule has 6 heteroatoms. The molecule has 1 aliphatic carbocycles. The van der Waals surface area contributed by atoms with Gasteiger partial charge in [0.05, 0.1) is 0 Å². The van der Waals surface area contributed by atoms with Crippen LogP contribution < -0.4 is 10.5 Å². The first-order chi connectivity index (χ1) is 14.3. The van der Waals surface area contributed by atoms with Crippen molar-refractivity contribution >= 4 is 11.3 Å². The zero-order valence-corrected chi connectivity index (χ0v) is 16.9. The molecule has 6 nitrogen and oxygen atoms in total. The first-order valence-corrected chi connectivity index (χ1v) is 10.9. The van der Waals surface area contributed by atoms with Crippen molar-refractivity contribution in [1.82, 2.24) is 19.3 Å². The third kappa shape index (κ3) is 3.69. The van der Waals surface area contributed by atoms with Crippen LogP contribution in [0.15, 0.2) is 36.7 Å². The second-order valence-electron chi connectivity index (χ2n) is 8.26.